The molecule has 1 saturated heterocycles. The number of rotatable bonds is 6. The summed E-state index contributed by atoms with van der Waals surface area (Å²) in [5.74, 6) is 0.741. The Hall–Kier alpha value is -2.13. The van der Waals surface area contributed by atoms with E-state index in [1.165, 1.54) is 11.8 Å². The molecule has 0 radical (unpaired) electrons. The number of carbonyl (C=O) groups excluding carboxylic acids is 1. The van der Waals surface area contributed by atoms with Crippen molar-refractivity contribution in [3.8, 4) is 5.88 Å². The molecule has 0 bridgehead atoms. The van der Waals surface area contributed by atoms with Gasteiger partial charge in [0.05, 0.1) is 18.4 Å². The molecule has 8 nitrogen and oxygen atoms in total. The van der Waals surface area contributed by atoms with Crippen LogP contribution in [0.15, 0.2) is 35.9 Å². The molecule has 1 amide bonds. The zero-order chi connectivity index (χ0) is 16.8. The summed E-state index contributed by atoms with van der Waals surface area (Å²) in [5.41, 5.74) is 0. The van der Waals surface area contributed by atoms with Crippen LogP contribution in [0, 0.1) is 0 Å². The van der Waals surface area contributed by atoms with Crippen LogP contribution in [0.25, 0.3) is 0 Å². The third-order valence-corrected chi connectivity index (χ3v) is 4.60. The number of aryl methyl sites for hydroxylation is 1. The van der Waals surface area contributed by atoms with Gasteiger partial charge in [-0.05, 0) is 12.5 Å². The SMILES string of the molecule is Cn1cnnc1SCC(=O)N[C@@H]1CCOC[C@H]1Oc1ccccn1. The van der Waals surface area contributed by atoms with E-state index in [1.807, 2.05) is 19.2 Å². The average molecular weight is 349 g/mol. The standard InChI is InChI=1S/C15H19N5O3S/c1-20-10-17-19-15(20)24-9-13(21)18-11-5-7-22-8-12(11)23-14-4-2-3-6-16-14/h2-4,6,10-12H,5,7-9H2,1H3,(H,18,21)/t11-,12-/m1/s1. The van der Waals surface area contributed by atoms with E-state index in [0.29, 0.717) is 30.7 Å². The number of aromatic nitrogens is 4. The van der Waals surface area contributed by atoms with Crippen LogP contribution in [0.3, 0.4) is 0 Å². The summed E-state index contributed by atoms with van der Waals surface area (Å²) in [4.78, 5) is 16.4. The van der Waals surface area contributed by atoms with Crippen molar-refractivity contribution in [2.24, 2.45) is 7.05 Å². The summed E-state index contributed by atoms with van der Waals surface area (Å²) in [7, 11) is 1.84. The third-order valence-electron chi connectivity index (χ3n) is 3.56. The molecule has 24 heavy (non-hydrogen) atoms. The summed E-state index contributed by atoms with van der Waals surface area (Å²) >= 11 is 1.35. The normalized spacial score (nSPS) is 20.5. The number of hydrogen-bond acceptors (Lipinski definition) is 7. The van der Waals surface area contributed by atoms with E-state index in [4.69, 9.17) is 9.47 Å². The van der Waals surface area contributed by atoms with Gasteiger partial charge < -0.3 is 19.4 Å². The Bertz CT molecular complexity index is 666. The molecule has 0 saturated carbocycles. The highest BCUT2D eigenvalue weighted by Crippen LogP contribution is 2.17. The predicted octanol–water partition coefficient (Wildman–Crippen LogP) is 0.655. The fourth-order valence-corrected chi connectivity index (χ4v) is 3.05. The van der Waals surface area contributed by atoms with Crippen LogP contribution in [0.4, 0.5) is 0 Å². The molecule has 9 heteroatoms. The maximum absolute atomic E-state index is 12.2. The summed E-state index contributed by atoms with van der Waals surface area (Å²) in [6.45, 7) is 1.03. The Labute approximate surface area is 144 Å². The van der Waals surface area contributed by atoms with E-state index in [2.05, 4.69) is 20.5 Å². The molecule has 2 aromatic rings. The smallest absolute Gasteiger partial charge is 0.230 e. The number of nitrogens with zero attached hydrogens (tertiary/aromatic N) is 4. The van der Waals surface area contributed by atoms with Gasteiger partial charge in [-0.2, -0.15) is 0 Å². The second-order valence-electron chi connectivity index (χ2n) is 5.37. The average Bonchev–Trinajstić information content (AvgIpc) is 3.01. The molecule has 1 aliphatic heterocycles. The zero-order valence-corrected chi connectivity index (χ0v) is 14.1. The van der Waals surface area contributed by atoms with E-state index < -0.39 is 0 Å². The largest absolute Gasteiger partial charge is 0.470 e. The van der Waals surface area contributed by atoms with Crippen molar-refractivity contribution in [2.75, 3.05) is 19.0 Å². The molecular weight excluding hydrogens is 330 g/mol. The van der Waals surface area contributed by atoms with Gasteiger partial charge >= 0.3 is 0 Å². The highest BCUT2D eigenvalue weighted by Gasteiger charge is 2.29. The van der Waals surface area contributed by atoms with Crippen molar-refractivity contribution in [3.63, 3.8) is 0 Å². The second-order valence-corrected chi connectivity index (χ2v) is 6.32. The maximum atomic E-state index is 12.2. The van der Waals surface area contributed by atoms with E-state index in [0.717, 1.165) is 0 Å². The van der Waals surface area contributed by atoms with Crippen molar-refractivity contribution in [1.82, 2.24) is 25.1 Å². The Morgan fingerprint density at radius 1 is 1.54 bits per heavy atom. The molecular formula is C15H19N5O3S. The molecule has 0 unspecified atom stereocenters. The van der Waals surface area contributed by atoms with Gasteiger partial charge in [-0.25, -0.2) is 4.98 Å². The van der Waals surface area contributed by atoms with Crippen LogP contribution in [-0.2, 0) is 16.6 Å². The van der Waals surface area contributed by atoms with Gasteiger partial charge in [0.1, 0.15) is 12.4 Å². The monoisotopic (exact) mass is 349 g/mol. The van der Waals surface area contributed by atoms with Crippen LogP contribution in [0.5, 0.6) is 5.88 Å². The minimum absolute atomic E-state index is 0.0653. The Morgan fingerprint density at radius 2 is 2.46 bits per heavy atom. The van der Waals surface area contributed by atoms with Gasteiger partial charge in [0.15, 0.2) is 5.16 Å². The molecule has 3 rings (SSSR count). The van der Waals surface area contributed by atoms with E-state index in [1.54, 1.807) is 23.2 Å². The van der Waals surface area contributed by atoms with Crippen molar-refractivity contribution in [3.05, 3.63) is 30.7 Å². The summed E-state index contributed by atoms with van der Waals surface area (Å²) in [6.07, 6.45) is 3.73. The lowest BCUT2D eigenvalue weighted by molar-refractivity contribution is -0.121. The minimum atomic E-state index is -0.252. The Morgan fingerprint density at radius 3 is 3.21 bits per heavy atom. The number of amides is 1. The van der Waals surface area contributed by atoms with Gasteiger partial charge in [0, 0.05) is 25.9 Å². The molecule has 0 spiro atoms. The number of carbonyl (C=O) groups is 1. The van der Waals surface area contributed by atoms with Crippen LogP contribution in [0.2, 0.25) is 0 Å². The maximum Gasteiger partial charge on any atom is 0.230 e. The third kappa shape index (κ3) is 4.45. The van der Waals surface area contributed by atoms with Gasteiger partial charge in [-0.1, -0.05) is 17.8 Å². The molecule has 0 aliphatic carbocycles. The number of hydrogen-bond donors (Lipinski definition) is 1. The predicted molar refractivity (Wildman–Crippen MR) is 87.7 cm³/mol. The summed E-state index contributed by atoms with van der Waals surface area (Å²) in [6, 6.07) is 5.37. The fourth-order valence-electron chi connectivity index (χ4n) is 2.35. The molecule has 2 atom stereocenters. The van der Waals surface area contributed by atoms with Crippen LogP contribution >= 0.6 is 11.8 Å². The van der Waals surface area contributed by atoms with Crippen molar-refractivity contribution in [1.29, 1.82) is 0 Å². The lowest BCUT2D eigenvalue weighted by Gasteiger charge is -2.32. The van der Waals surface area contributed by atoms with E-state index >= 15 is 0 Å². The van der Waals surface area contributed by atoms with Crippen molar-refractivity contribution >= 4 is 17.7 Å². The van der Waals surface area contributed by atoms with Crippen LogP contribution in [0.1, 0.15) is 6.42 Å². The number of ether oxygens (including phenoxy) is 2. The molecule has 3 heterocycles. The molecule has 2 aromatic heterocycles. The summed E-state index contributed by atoms with van der Waals surface area (Å²) in [5, 5.41) is 11.5. The van der Waals surface area contributed by atoms with Gasteiger partial charge in [-0.3, -0.25) is 4.79 Å². The van der Waals surface area contributed by atoms with E-state index in [9.17, 15) is 4.79 Å². The molecule has 128 valence electrons. The topological polar surface area (TPSA) is 91.2 Å². The minimum Gasteiger partial charge on any atom is -0.470 e. The second kappa shape index (κ2) is 8.11. The zero-order valence-electron chi connectivity index (χ0n) is 13.3. The van der Waals surface area contributed by atoms with Crippen LogP contribution < -0.4 is 10.1 Å². The number of nitrogens with one attached hydrogen (secondary N) is 1. The molecule has 0 aromatic carbocycles. The van der Waals surface area contributed by atoms with Crippen LogP contribution in [-0.4, -0.2) is 56.8 Å². The summed E-state index contributed by atoms with van der Waals surface area (Å²) < 4.78 is 13.1. The Kier molecular flexibility index (Phi) is 5.65. The van der Waals surface area contributed by atoms with Gasteiger partial charge in [-0.15, -0.1) is 10.2 Å². The first-order chi connectivity index (χ1) is 11.7. The number of pyridine rings is 1. The lowest BCUT2D eigenvalue weighted by Crippen LogP contribution is -2.51. The van der Waals surface area contributed by atoms with Gasteiger partial charge in [0.25, 0.3) is 0 Å². The Balaban J connectivity index is 1.53. The van der Waals surface area contributed by atoms with Crippen molar-refractivity contribution in [2.45, 2.75) is 23.7 Å². The van der Waals surface area contributed by atoms with Gasteiger partial charge in [0.2, 0.25) is 11.8 Å². The molecule has 1 N–H and O–H groups in total. The molecule has 1 fully saturated rings. The highest BCUT2D eigenvalue weighted by molar-refractivity contribution is 7.99. The highest BCUT2D eigenvalue weighted by atomic mass is 32.2. The van der Waals surface area contributed by atoms with E-state index in [-0.39, 0.29) is 23.8 Å². The number of thioether (sulfide) groups is 1. The lowest BCUT2D eigenvalue weighted by atomic mass is 10.1. The first kappa shape index (κ1) is 16.7. The molecule has 1 aliphatic rings. The first-order valence-electron chi connectivity index (χ1n) is 7.64. The fraction of sp³-hybridized carbons (Fsp3) is 0.467. The van der Waals surface area contributed by atoms with Crippen molar-refractivity contribution < 1.29 is 14.3 Å². The quantitative estimate of drug-likeness (QED) is 0.766. The first-order valence-corrected chi connectivity index (χ1v) is 8.62.